The van der Waals surface area contributed by atoms with E-state index in [1.54, 1.807) is 60.7 Å². The highest BCUT2D eigenvalue weighted by Gasteiger charge is 2.42. The summed E-state index contributed by atoms with van der Waals surface area (Å²) in [6, 6.07) is 7.21. The monoisotopic (exact) mass is 1100 g/mol. The predicted octanol–water partition coefficient (Wildman–Crippen LogP) is -4.48. The predicted molar refractivity (Wildman–Crippen MR) is 289 cm³/mol. The van der Waals surface area contributed by atoms with Crippen LogP contribution in [0.1, 0.15) is 94.6 Å². The van der Waals surface area contributed by atoms with Crippen LogP contribution in [0.3, 0.4) is 0 Å². The number of primary amides is 3. The number of carbonyl (C=O) groups is 11. The fourth-order valence-electron chi connectivity index (χ4n) is 9.29. The van der Waals surface area contributed by atoms with E-state index in [1.807, 2.05) is 0 Å². The van der Waals surface area contributed by atoms with Crippen molar-refractivity contribution in [3.8, 4) is 0 Å². The average Bonchev–Trinajstić information content (AvgIpc) is 4.13. The number of aliphatic imine (C=N–C) groups is 1. The molecule has 20 N–H and O–H groups in total. The molecule has 27 nitrogen and oxygen atoms in total. The molecule has 2 aromatic carbocycles. The zero-order valence-corrected chi connectivity index (χ0v) is 44.4. The molecule has 0 unspecified atom stereocenters. The summed E-state index contributed by atoms with van der Waals surface area (Å²) in [6.45, 7) is 0.408. The molecular weight excluding hydrogens is 1020 g/mol. The van der Waals surface area contributed by atoms with Crippen molar-refractivity contribution in [1.82, 2.24) is 41.7 Å². The highest BCUT2D eigenvalue weighted by molar-refractivity contribution is 5.99. The molecule has 0 spiro atoms. The van der Waals surface area contributed by atoms with Gasteiger partial charge in [-0.15, -0.1) is 0 Å². The van der Waals surface area contributed by atoms with Crippen LogP contribution < -0.4 is 72.0 Å². The molecule has 8 atom stereocenters. The molecule has 79 heavy (non-hydrogen) atoms. The van der Waals surface area contributed by atoms with Gasteiger partial charge < -0.3 is 81.8 Å². The lowest BCUT2D eigenvalue weighted by molar-refractivity contribution is -0.144. The minimum absolute atomic E-state index is 0.0261. The Balaban J connectivity index is 1.54. The van der Waals surface area contributed by atoms with Gasteiger partial charge >= 0.3 is 0 Å². The van der Waals surface area contributed by atoms with Crippen LogP contribution in [0.4, 0.5) is 0 Å². The zero-order valence-electron chi connectivity index (χ0n) is 44.4. The van der Waals surface area contributed by atoms with E-state index in [-0.39, 0.29) is 64.1 Å². The largest absolute Gasteiger partial charge is 0.370 e. The van der Waals surface area contributed by atoms with Crippen molar-refractivity contribution in [1.29, 1.82) is 0 Å². The summed E-state index contributed by atoms with van der Waals surface area (Å²) in [4.78, 5) is 155. The third kappa shape index (κ3) is 21.3. The van der Waals surface area contributed by atoms with E-state index < -0.39 is 139 Å². The Morgan fingerprint density at radius 2 is 0.975 bits per heavy atom. The van der Waals surface area contributed by atoms with Crippen LogP contribution in [0.25, 0.3) is 0 Å². The Hall–Kier alpha value is -8.20. The van der Waals surface area contributed by atoms with Crippen molar-refractivity contribution < 1.29 is 52.7 Å². The Morgan fingerprint density at radius 3 is 1.46 bits per heavy atom. The number of nitrogens with zero attached hydrogens (tertiary/aromatic N) is 3. The number of nitrogens with two attached hydrogens (primary N) is 7. The third-order valence-electron chi connectivity index (χ3n) is 13.4. The molecule has 0 saturated carbocycles. The Morgan fingerprint density at radius 1 is 0.519 bits per heavy atom. The number of carbonyl (C=O) groups excluding carboxylic acids is 11. The van der Waals surface area contributed by atoms with Crippen molar-refractivity contribution in [3.05, 3.63) is 71.8 Å². The maximum atomic E-state index is 14.5. The Bertz CT molecular complexity index is 2460. The molecule has 2 saturated heterocycles. The van der Waals surface area contributed by atoms with Crippen LogP contribution in [0, 0.1) is 0 Å². The van der Waals surface area contributed by atoms with Crippen LogP contribution in [-0.2, 0) is 65.6 Å². The molecule has 11 amide bonds. The second kappa shape index (κ2) is 32.5. The normalized spacial score (nSPS) is 17.1. The number of hydrogen-bond acceptors (Lipinski definition) is 14. The van der Waals surface area contributed by atoms with E-state index in [0.717, 1.165) is 0 Å². The summed E-state index contributed by atoms with van der Waals surface area (Å²) in [5.41, 5.74) is 40.2. The molecule has 0 aromatic heterocycles. The first kappa shape index (κ1) is 63.3. The Kier molecular flexibility index (Phi) is 26.1. The molecule has 2 aromatic rings. The molecule has 0 bridgehead atoms. The molecule has 2 aliphatic heterocycles. The van der Waals surface area contributed by atoms with Crippen LogP contribution in [0.5, 0.6) is 0 Å². The summed E-state index contributed by atoms with van der Waals surface area (Å²) >= 11 is 0. The van der Waals surface area contributed by atoms with Crippen molar-refractivity contribution in [2.45, 2.75) is 145 Å². The van der Waals surface area contributed by atoms with Crippen LogP contribution >= 0.6 is 0 Å². The van der Waals surface area contributed by atoms with E-state index >= 15 is 0 Å². The molecular formula is C52H78N16O11. The number of nitrogens with one attached hydrogen (secondary N) is 6. The number of guanidine groups is 1. The smallest absolute Gasteiger partial charge is 0.245 e. The highest BCUT2D eigenvalue weighted by atomic mass is 16.2. The molecule has 27 heteroatoms. The van der Waals surface area contributed by atoms with Gasteiger partial charge in [0.05, 0.1) is 12.6 Å². The number of amides is 11. The maximum absolute atomic E-state index is 14.5. The summed E-state index contributed by atoms with van der Waals surface area (Å²) in [5.74, 6) is -8.55. The van der Waals surface area contributed by atoms with Gasteiger partial charge in [0.15, 0.2) is 5.96 Å². The highest BCUT2D eigenvalue weighted by Crippen LogP contribution is 2.23. The van der Waals surface area contributed by atoms with Gasteiger partial charge in [0.2, 0.25) is 65.0 Å². The van der Waals surface area contributed by atoms with E-state index in [0.29, 0.717) is 56.2 Å². The molecule has 432 valence electrons. The lowest BCUT2D eigenvalue weighted by Gasteiger charge is -2.32. The zero-order chi connectivity index (χ0) is 58.0. The summed E-state index contributed by atoms with van der Waals surface area (Å²) < 4.78 is 0. The van der Waals surface area contributed by atoms with Gasteiger partial charge in [-0.05, 0) is 88.3 Å². The standard InChI is InChI=1S/C52H78N16O11/c53-24-8-7-17-36(64-49(77)39-18-10-26-67(39)50(78)33(54)16-9-25-60-52(58)59)51(79)68-27-11-19-40(68)48(76)63-35(21-23-42(56)70)45(73)62-34(20-22-41(55)69)46(74)66-38(29-32-14-5-2-6-15-32)47(75)65-37(44(72)61-30-43(57)71)28-31-12-3-1-4-13-31/h1-6,12-15,33-40H,7-11,16-30,53-54H2,(H2,55,69)(H2,56,70)(H2,57,71)(H,61,72)(H,62,73)(H,63,76)(H,64,77)(H,65,75)(H,66,74)(H4,58,59,60)/t33-,34-,35-,36-,37-,38-,39-,40-/m0/s1. The molecule has 4 rings (SSSR count). The van der Waals surface area contributed by atoms with Gasteiger partial charge in [0, 0.05) is 45.3 Å². The number of likely N-dealkylation sites (tertiary alicyclic amines) is 2. The first-order valence-corrected chi connectivity index (χ1v) is 26.5. The summed E-state index contributed by atoms with van der Waals surface area (Å²) in [5, 5.41) is 15.6. The number of unbranched alkanes of at least 4 members (excludes halogenated alkanes) is 1. The Labute approximate surface area is 458 Å². The molecule has 2 aliphatic rings. The molecule has 0 radical (unpaired) electrons. The first-order valence-electron chi connectivity index (χ1n) is 26.5. The van der Waals surface area contributed by atoms with Crippen molar-refractivity contribution in [2.75, 3.05) is 32.7 Å². The molecule has 2 heterocycles. The minimum atomic E-state index is -1.58. The van der Waals surface area contributed by atoms with Gasteiger partial charge in [-0.3, -0.25) is 57.7 Å². The summed E-state index contributed by atoms with van der Waals surface area (Å²) in [6.07, 6.45) is 1.32. The van der Waals surface area contributed by atoms with Gasteiger partial charge in [-0.2, -0.15) is 0 Å². The van der Waals surface area contributed by atoms with Gasteiger partial charge in [-0.1, -0.05) is 60.7 Å². The maximum Gasteiger partial charge on any atom is 0.245 e. The van der Waals surface area contributed by atoms with Crippen LogP contribution in [-0.4, -0.2) is 162 Å². The van der Waals surface area contributed by atoms with E-state index in [4.69, 9.17) is 40.1 Å². The quantitative estimate of drug-likeness (QED) is 0.0182. The summed E-state index contributed by atoms with van der Waals surface area (Å²) in [7, 11) is 0. The molecule has 0 aliphatic carbocycles. The SMILES string of the molecule is NCCCC[C@H](NC(=O)[C@@H]1CCCN1C(=O)[C@@H](N)CCCN=C(N)N)C(=O)N1CCC[C@H]1C(=O)N[C@@H](CCC(N)=O)C(=O)N[C@@H](CCC(N)=O)C(=O)N[C@@H](Cc1ccccc1)C(=O)N[C@@H](Cc1ccccc1)C(=O)NCC(N)=O. The van der Waals surface area contributed by atoms with Gasteiger partial charge in [0.25, 0.3) is 0 Å². The van der Waals surface area contributed by atoms with E-state index in [1.165, 1.54) is 9.80 Å². The lowest BCUT2D eigenvalue weighted by atomic mass is 10.0. The van der Waals surface area contributed by atoms with Crippen LogP contribution in [0.2, 0.25) is 0 Å². The van der Waals surface area contributed by atoms with E-state index in [2.05, 4.69) is 36.9 Å². The van der Waals surface area contributed by atoms with Gasteiger partial charge in [0.1, 0.15) is 42.3 Å². The minimum Gasteiger partial charge on any atom is -0.370 e. The lowest BCUT2D eigenvalue weighted by Crippen LogP contribution is -2.60. The number of rotatable bonds is 33. The van der Waals surface area contributed by atoms with Crippen LogP contribution in [0.15, 0.2) is 65.7 Å². The topological polar surface area (TPSA) is 461 Å². The second-order valence-electron chi connectivity index (χ2n) is 19.6. The van der Waals surface area contributed by atoms with Crippen molar-refractivity contribution in [3.63, 3.8) is 0 Å². The third-order valence-corrected chi connectivity index (χ3v) is 13.4. The first-order chi connectivity index (χ1) is 37.7. The fraction of sp³-hybridized carbons (Fsp3) is 0.538. The fourth-order valence-corrected chi connectivity index (χ4v) is 9.29. The average molecular weight is 1100 g/mol. The second-order valence-corrected chi connectivity index (χ2v) is 19.6. The van der Waals surface area contributed by atoms with Crippen molar-refractivity contribution in [2.24, 2.45) is 45.1 Å². The number of benzene rings is 2. The van der Waals surface area contributed by atoms with Gasteiger partial charge in [-0.25, -0.2) is 0 Å². The molecule has 2 fully saturated rings. The number of hydrogen-bond donors (Lipinski definition) is 13. The van der Waals surface area contributed by atoms with Crippen molar-refractivity contribution >= 4 is 70.9 Å². The van der Waals surface area contributed by atoms with E-state index in [9.17, 15) is 52.7 Å².